The van der Waals surface area contributed by atoms with Crippen molar-refractivity contribution >= 4 is 33.0 Å². The van der Waals surface area contributed by atoms with Crippen LogP contribution >= 0.6 is 15.9 Å². The number of alkyl halides is 3. The molecule has 4 rings (SSSR count). The van der Waals surface area contributed by atoms with Gasteiger partial charge in [0.25, 0.3) is 5.56 Å². The molecule has 0 bridgehead atoms. The zero-order valence-corrected chi connectivity index (χ0v) is 19.3. The zero-order chi connectivity index (χ0) is 23.6. The summed E-state index contributed by atoms with van der Waals surface area (Å²) in [4.78, 5) is 17.8. The van der Waals surface area contributed by atoms with Gasteiger partial charge in [0, 0.05) is 22.8 Å². The average Bonchev–Trinajstić information content (AvgIpc) is 3.26. The van der Waals surface area contributed by atoms with Gasteiger partial charge in [-0.15, -0.1) is 0 Å². The molecule has 2 aromatic carbocycles. The molecule has 2 heterocycles. The third-order valence-electron chi connectivity index (χ3n) is 5.17. The number of rotatable bonds is 6. The summed E-state index contributed by atoms with van der Waals surface area (Å²) in [6.07, 6.45) is 1.00. The van der Waals surface area contributed by atoms with Crippen LogP contribution in [0.3, 0.4) is 0 Å². The van der Waals surface area contributed by atoms with Crippen LogP contribution in [0, 0.1) is 0 Å². The molecule has 0 amide bonds. The van der Waals surface area contributed by atoms with Crippen molar-refractivity contribution in [2.45, 2.75) is 32.4 Å². The quantitative estimate of drug-likeness (QED) is 0.287. The number of nitrogens with zero attached hydrogens (tertiary/aromatic N) is 4. The molecular weight excluding hydrogens is 497 g/mol. The molecule has 2 aromatic heterocycles. The highest BCUT2D eigenvalue weighted by molar-refractivity contribution is 9.10. The van der Waals surface area contributed by atoms with Crippen LogP contribution in [0.5, 0.6) is 0 Å². The van der Waals surface area contributed by atoms with Crippen LogP contribution in [0.15, 0.2) is 75.2 Å². The highest BCUT2D eigenvalue weighted by atomic mass is 79.9. The van der Waals surface area contributed by atoms with E-state index in [9.17, 15) is 18.0 Å². The topological polar surface area (TPSA) is 52.2 Å². The minimum atomic E-state index is -4.44. The van der Waals surface area contributed by atoms with E-state index in [2.05, 4.69) is 26.0 Å². The van der Waals surface area contributed by atoms with Crippen LogP contribution in [0.1, 0.15) is 36.8 Å². The van der Waals surface area contributed by atoms with E-state index in [-0.39, 0.29) is 5.56 Å². The monoisotopic (exact) mass is 516 g/mol. The van der Waals surface area contributed by atoms with Gasteiger partial charge in [0.2, 0.25) is 0 Å². The Morgan fingerprint density at radius 1 is 1.12 bits per heavy atom. The van der Waals surface area contributed by atoms with Crippen LogP contribution in [-0.2, 0) is 12.6 Å². The minimum absolute atomic E-state index is 0.305. The summed E-state index contributed by atoms with van der Waals surface area (Å²) in [5.74, 6) is 0.532. The van der Waals surface area contributed by atoms with Crippen molar-refractivity contribution in [3.8, 4) is 5.69 Å². The second-order valence-electron chi connectivity index (χ2n) is 7.51. The van der Waals surface area contributed by atoms with Gasteiger partial charge in [0.05, 0.1) is 28.4 Å². The smallest absolute Gasteiger partial charge is 0.316 e. The van der Waals surface area contributed by atoms with Crippen LogP contribution < -0.4 is 5.56 Å². The molecule has 0 aliphatic heterocycles. The third kappa shape index (κ3) is 4.93. The number of halogens is 4. The van der Waals surface area contributed by atoms with Gasteiger partial charge in [-0.2, -0.15) is 22.9 Å². The molecule has 0 N–H and O–H groups in total. The third-order valence-corrected chi connectivity index (χ3v) is 5.66. The molecule has 33 heavy (non-hydrogen) atoms. The van der Waals surface area contributed by atoms with E-state index < -0.39 is 11.7 Å². The molecular formula is C24H20BrF3N4O. The molecule has 0 saturated heterocycles. The largest absolute Gasteiger partial charge is 0.416 e. The van der Waals surface area contributed by atoms with Gasteiger partial charge in [-0.25, -0.2) is 4.98 Å². The van der Waals surface area contributed by atoms with E-state index in [4.69, 9.17) is 0 Å². The Balaban J connectivity index is 1.78. The van der Waals surface area contributed by atoms with Gasteiger partial charge >= 0.3 is 6.18 Å². The van der Waals surface area contributed by atoms with Crippen LogP contribution in [-0.4, -0.2) is 20.4 Å². The number of fused-ring (bicyclic) bond motifs is 1. The number of benzene rings is 2. The molecule has 0 aliphatic carbocycles. The Hall–Kier alpha value is -3.20. The first-order valence-electron chi connectivity index (χ1n) is 10.4. The molecule has 9 heteroatoms. The lowest BCUT2D eigenvalue weighted by atomic mass is 10.2. The van der Waals surface area contributed by atoms with Gasteiger partial charge in [0.1, 0.15) is 5.82 Å². The van der Waals surface area contributed by atoms with Crippen molar-refractivity contribution in [2.24, 2.45) is 5.10 Å². The molecule has 5 nitrogen and oxygen atoms in total. The summed E-state index contributed by atoms with van der Waals surface area (Å²) >= 11 is 3.38. The summed E-state index contributed by atoms with van der Waals surface area (Å²) in [6.45, 7) is 2.05. The summed E-state index contributed by atoms with van der Waals surface area (Å²) in [5, 5.41) is 4.82. The summed E-state index contributed by atoms with van der Waals surface area (Å²) in [5.41, 5.74) is 0.417. The first kappa shape index (κ1) is 23.0. The van der Waals surface area contributed by atoms with Crippen molar-refractivity contribution in [2.75, 3.05) is 0 Å². The van der Waals surface area contributed by atoms with Gasteiger partial charge in [-0.1, -0.05) is 35.3 Å². The zero-order valence-electron chi connectivity index (χ0n) is 17.7. The Morgan fingerprint density at radius 3 is 2.70 bits per heavy atom. The molecule has 0 spiro atoms. The van der Waals surface area contributed by atoms with E-state index in [0.29, 0.717) is 34.5 Å². The summed E-state index contributed by atoms with van der Waals surface area (Å²) in [7, 11) is 0. The number of aryl methyl sites for hydroxylation is 1. The molecule has 170 valence electrons. The number of hydrogen-bond acceptors (Lipinski definition) is 3. The fourth-order valence-electron chi connectivity index (χ4n) is 3.49. The second-order valence-corrected chi connectivity index (χ2v) is 8.42. The number of hydrogen-bond donors (Lipinski definition) is 0. The minimum Gasteiger partial charge on any atom is -0.316 e. The first-order chi connectivity index (χ1) is 15.8. The van der Waals surface area contributed by atoms with E-state index in [1.165, 1.54) is 17.0 Å². The maximum atomic E-state index is 13.2. The molecule has 0 aliphatic rings. The van der Waals surface area contributed by atoms with Crippen LogP contribution in [0.4, 0.5) is 13.2 Å². The van der Waals surface area contributed by atoms with Gasteiger partial charge < -0.3 is 4.57 Å². The maximum Gasteiger partial charge on any atom is 0.416 e. The lowest BCUT2D eigenvalue weighted by Crippen LogP contribution is -2.22. The van der Waals surface area contributed by atoms with Crippen molar-refractivity contribution in [1.82, 2.24) is 14.2 Å². The van der Waals surface area contributed by atoms with E-state index >= 15 is 0 Å². The van der Waals surface area contributed by atoms with E-state index in [1.54, 1.807) is 41.1 Å². The lowest BCUT2D eigenvalue weighted by Gasteiger charge is -2.11. The fraction of sp³-hybridized carbons (Fsp3) is 0.208. The predicted octanol–water partition coefficient (Wildman–Crippen LogP) is 6.19. The molecule has 0 radical (unpaired) electrons. The summed E-state index contributed by atoms with van der Waals surface area (Å²) in [6, 6.07) is 13.8. The Labute approximate surface area is 196 Å². The number of aromatic nitrogens is 3. The molecule has 0 atom stereocenters. The highest BCUT2D eigenvalue weighted by Crippen LogP contribution is 2.30. The van der Waals surface area contributed by atoms with Gasteiger partial charge in [-0.3, -0.25) is 4.79 Å². The maximum absolute atomic E-state index is 13.2. The standard InChI is InChI=1S/C24H20BrF3N4O/c1-2-3-9-22-30-21-11-10-17(25)14-20(21)23(33)32(22)29-15-19-8-5-12-31(19)18-7-4-6-16(13-18)24(26,27)28/h4-8,10-15H,2-3,9H2,1H3. The molecule has 0 fully saturated rings. The van der Waals surface area contributed by atoms with Crippen molar-refractivity contribution in [3.05, 3.63) is 92.7 Å². The van der Waals surface area contributed by atoms with Crippen LogP contribution in [0.25, 0.3) is 16.6 Å². The Morgan fingerprint density at radius 2 is 1.94 bits per heavy atom. The highest BCUT2D eigenvalue weighted by Gasteiger charge is 2.30. The van der Waals surface area contributed by atoms with Crippen molar-refractivity contribution in [3.63, 3.8) is 0 Å². The fourth-order valence-corrected chi connectivity index (χ4v) is 3.86. The molecule has 4 aromatic rings. The predicted molar refractivity (Wildman–Crippen MR) is 126 cm³/mol. The Kier molecular flexibility index (Phi) is 6.51. The Bertz CT molecular complexity index is 1390. The first-order valence-corrected chi connectivity index (χ1v) is 11.2. The van der Waals surface area contributed by atoms with E-state index in [0.717, 1.165) is 29.4 Å². The van der Waals surface area contributed by atoms with Crippen molar-refractivity contribution in [1.29, 1.82) is 0 Å². The van der Waals surface area contributed by atoms with Gasteiger partial charge in [0.15, 0.2) is 0 Å². The molecule has 0 unspecified atom stereocenters. The van der Waals surface area contributed by atoms with Gasteiger partial charge in [-0.05, 0) is 55.0 Å². The SMILES string of the molecule is CCCCc1nc2ccc(Br)cc2c(=O)n1N=Cc1cccn1-c1cccc(C(F)(F)F)c1. The summed E-state index contributed by atoms with van der Waals surface area (Å²) < 4.78 is 43.0. The normalized spacial score (nSPS) is 12.2. The van der Waals surface area contributed by atoms with E-state index in [1.807, 2.05) is 13.0 Å². The van der Waals surface area contributed by atoms with Crippen molar-refractivity contribution < 1.29 is 13.2 Å². The lowest BCUT2D eigenvalue weighted by molar-refractivity contribution is -0.137. The average molecular weight is 517 g/mol. The number of unbranched alkanes of at least 4 members (excludes halogenated alkanes) is 1. The second kappa shape index (κ2) is 9.35. The van der Waals surface area contributed by atoms with Crippen LogP contribution in [0.2, 0.25) is 0 Å². The molecule has 0 saturated carbocycles.